The van der Waals surface area contributed by atoms with Crippen molar-refractivity contribution >= 4 is 33.3 Å². The Hall–Kier alpha value is -1.88. The van der Waals surface area contributed by atoms with Crippen molar-refractivity contribution in [1.29, 1.82) is 0 Å². The van der Waals surface area contributed by atoms with Crippen LogP contribution in [0.15, 0.2) is 40.9 Å². The van der Waals surface area contributed by atoms with Gasteiger partial charge in [-0.3, -0.25) is 4.79 Å². The molecule has 0 fully saturated rings. The first-order chi connectivity index (χ1) is 10.1. The number of hydrogen-bond acceptors (Lipinski definition) is 3. The normalized spacial score (nSPS) is 10.2. The van der Waals surface area contributed by atoms with Crippen molar-refractivity contribution < 1.29 is 4.79 Å². The van der Waals surface area contributed by atoms with E-state index in [1.807, 2.05) is 44.2 Å². The molecular weight excluding hydrogens is 330 g/mol. The van der Waals surface area contributed by atoms with Crippen molar-refractivity contribution in [2.75, 3.05) is 17.2 Å². The smallest absolute Gasteiger partial charge is 0.255 e. The number of rotatable bonds is 5. The minimum absolute atomic E-state index is 0.131. The standard InChI is InChI=1S/C16H18BrN3O/c1-3-13-9-11(10-15(19-13)18-4-2)16(21)20-14-7-5-12(17)6-8-14/h5-10H,3-4H2,1-2H3,(H,18,19)(H,20,21). The lowest BCUT2D eigenvalue weighted by Crippen LogP contribution is -2.13. The van der Waals surface area contributed by atoms with Crippen molar-refractivity contribution in [2.24, 2.45) is 0 Å². The molecule has 5 heteroatoms. The number of anilines is 2. The van der Waals surface area contributed by atoms with Gasteiger partial charge in [0.1, 0.15) is 5.82 Å². The highest BCUT2D eigenvalue weighted by Gasteiger charge is 2.09. The van der Waals surface area contributed by atoms with Crippen LogP contribution in [0.4, 0.5) is 11.5 Å². The Bertz CT molecular complexity index is 626. The molecule has 0 aliphatic rings. The lowest BCUT2D eigenvalue weighted by Gasteiger charge is -2.09. The summed E-state index contributed by atoms with van der Waals surface area (Å²) in [6.07, 6.45) is 0.789. The molecule has 0 atom stereocenters. The third-order valence-corrected chi connectivity index (χ3v) is 3.49. The van der Waals surface area contributed by atoms with Gasteiger partial charge in [-0.2, -0.15) is 0 Å². The predicted molar refractivity (Wildman–Crippen MR) is 89.9 cm³/mol. The molecular formula is C16H18BrN3O. The number of aromatic nitrogens is 1. The molecule has 0 saturated carbocycles. The molecule has 1 aromatic carbocycles. The summed E-state index contributed by atoms with van der Waals surface area (Å²) in [5.74, 6) is 0.603. The first-order valence-electron chi connectivity index (χ1n) is 6.94. The monoisotopic (exact) mass is 347 g/mol. The van der Waals surface area contributed by atoms with E-state index in [0.717, 1.165) is 34.6 Å². The number of pyridine rings is 1. The summed E-state index contributed by atoms with van der Waals surface area (Å²) in [5.41, 5.74) is 2.28. The number of nitrogens with zero attached hydrogens (tertiary/aromatic N) is 1. The Morgan fingerprint density at radius 1 is 1.19 bits per heavy atom. The van der Waals surface area contributed by atoms with Gasteiger partial charge in [0.25, 0.3) is 5.91 Å². The summed E-state index contributed by atoms with van der Waals surface area (Å²) in [7, 11) is 0. The number of carbonyl (C=O) groups is 1. The highest BCUT2D eigenvalue weighted by molar-refractivity contribution is 9.10. The third kappa shape index (κ3) is 4.29. The Balaban J connectivity index is 2.21. The topological polar surface area (TPSA) is 54.0 Å². The molecule has 2 aromatic rings. The number of carbonyl (C=O) groups excluding carboxylic acids is 1. The van der Waals surface area contributed by atoms with Crippen molar-refractivity contribution in [3.05, 3.63) is 52.1 Å². The maximum absolute atomic E-state index is 12.3. The van der Waals surface area contributed by atoms with E-state index in [1.54, 1.807) is 6.07 Å². The van der Waals surface area contributed by atoms with Crippen LogP contribution in [0.1, 0.15) is 29.9 Å². The number of nitrogens with one attached hydrogen (secondary N) is 2. The van der Waals surface area contributed by atoms with Crippen LogP contribution in [0.25, 0.3) is 0 Å². The Kier molecular flexibility index (Phi) is 5.33. The molecule has 21 heavy (non-hydrogen) atoms. The molecule has 0 aliphatic carbocycles. The lowest BCUT2D eigenvalue weighted by molar-refractivity contribution is 0.102. The van der Waals surface area contributed by atoms with Crippen molar-refractivity contribution in [3.63, 3.8) is 0 Å². The molecule has 2 rings (SSSR count). The molecule has 0 unspecified atom stereocenters. The minimum Gasteiger partial charge on any atom is -0.370 e. The van der Waals surface area contributed by atoms with Gasteiger partial charge in [0.15, 0.2) is 0 Å². The Labute approximate surface area is 133 Å². The van der Waals surface area contributed by atoms with Crippen LogP contribution < -0.4 is 10.6 Å². The number of aryl methyl sites for hydroxylation is 1. The molecule has 0 saturated heterocycles. The summed E-state index contributed by atoms with van der Waals surface area (Å²) in [6, 6.07) is 11.1. The van der Waals surface area contributed by atoms with E-state index in [-0.39, 0.29) is 5.91 Å². The van der Waals surface area contributed by atoms with Gasteiger partial charge in [-0.1, -0.05) is 22.9 Å². The van der Waals surface area contributed by atoms with Crippen LogP contribution in [0.3, 0.4) is 0 Å². The molecule has 1 aromatic heterocycles. The van der Waals surface area contributed by atoms with Crippen molar-refractivity contribution in [2.45, 2.75) is 20.3 Å². The summed E-state index contributed by atoms with van der Waals surface area (Å²) in [4.78, 5) is 16.8. The van der Waals surface area contributed by atoms with E-state index >= 15 is 0 Å². The van der Waals surface area contributed by atoms with Crippen LogP contribution in [0.5, 0.6) is 0 Å². The highest BCUT2D eigenvalue weighted by atomic mass is 79.9. The SMILES string of the molecule is CCNc1cc(C(=O)Nc2ccc(Br)cc2)cc(CC)n1. The van der Waals surface area contributed by atoms with Crippen LogP contribution in [-0.4, -0.2) is 17.4 Å². The van der Waals surface area contributed by atoms with Gasteiger partial charge >= 0.3 is 0 Å². The fraction of sp³-hybridized carbons (Fsp3) is 0.250. The Morgan fingerprint density at radius 3 is 2.52 bits per heavy atom. The van der Waals surface area contributed by atoms with Crippen LogP contribution in [0.2, 0.25) is 0 Å². The van der Waals surface area contributed by atoms with Gasteiger partial charge in [-0.15, -0.1) is 0 Å². The van der Waals surface area contributed by atoms with Gasteiger partial charge in [0.05, 0.1) is 0 Å². The fourth-order valence-corrected chi connectivity index (χ4v) is 2.17. The average Bonchev–Trinajstić information content (AvgIpc) is 2.49. The average molecular weight is 348 g/mol. The van der Waals surface area contributed by atoms with Crippen LogP contribution >= 0.6 is 15.9 Å². The summed E-state index contributed by atoms with van der Waals surface area (Å²) in [5, 5.41) is 6.04. The molecule has 0 radical (unpaired) electrons. The van der Waals surface area contributed by atoms with E-state index in [0.29, 0.717) is 5.56 Å². The van der Waals surface area contributed by atoms with E-state index < -0.39 is 0 Å². The zero-order valence-corrected chi connectivity index (χ0v) is 13.7. The second-order valence-electron chi connectivity index (χ2n) is 4.58. The molecule has 2 N–H and O–H groups in total. The van der Waals surface area contributed by atoms with E-state index in [9.17, 15) is 4.79 Å². The third-order valence-electron chi connectivity index (χ3n) is 2.96. The van der Waals surface area contributed by atoms with Gasteiger partial charge in [0.2, 0.25) is 0 Å². The second kappa shape index (κ2) is 7.22. The molecule has 0 spiro atoms. The Morgan fingerprint density at radius 2 is 1.90 bits per heavy atom. The summed E-state index contributed by atoms with van der Waals surface area (Å²) >= 11 is 3.37. The molecule has 0 aliphatic heterocycles. The van der Waals surface area contributed by atoms with Gasteiger partial charge < -0.3 is 10.6 Å². The number of amides is 1. The summed E-state index contributed by atoms with van der Waals surface area (Å²) < 4.78 is 0.979. The number of halogens is 1. The molecule has 1 heterocycles. The molecule has 110 valence electrons. The van der Waals surface area contributed by atoms with Crippen LogP contribution in [-0.2, 0) is 6.42 Å². The predicted octanol–water partition coefficient (Wildman–Crippen LogP) is 4.09. The largest absolute Gasteiger partial charge is 0.370 e. The first kappa shape index (κ1) is 15.5. The number of hydrogen-bond donors (Lipinski definition) is 2. The maximum atomic E-state index is 12.3. The van der Waals surface area contributed by atoms with Gasteiger partial charge in [-0.05, 0) is 49.7 Å². The van der Waals surface area contributed by atoms with Gasteiger partial charge in [0, 0.05) is 28.0 Å². The maximum Gasteiger partial charge on any atom is 0.255 e. The molecule has 1 amide bonds. The number of benzene rings is 1. The van der Waals surface area contributed by atoms with Crippen LogP contribution in [0, 0.1) is 0 Å². The van der Waals surface area contributed by atoms with Crippen molar-refractivity contribution in [3.8, 4) is 0 Å². The quantitative estimate of drug-likeness (QED) is 0.856. The molecule has 0 bridgehead atoms. The molecule has 4 nitrogen and oxygen atoms in total. The fourth-order valence-electron chi connectivity index (χ4n) is 1.91. The summed E-state index contributed by atoms with van der Waals surface area (Å²) in [6.45, 7) is 4.80. The second-order valence-corrected chi connectivity index (χ2v) is 5.49. The van der Waals surface area contributed by atoms with E-state index in [2.05, 4.69) is 31.5 Å². The zero-order valence-electron chi connectivity index (χ0n) is 12.1. The minimum atomic E-state index is -0.131. The first-order valence-corrected chi connectivity index (χ1v) is 7.73. The zero-order chi connectivity index (χ0) is 15.2. The van der Waals surface area contributed by atoms with E-state index in [4.69, 9.17) is 0 Å². The lowest BCUT2D eigenvalue weighted by atomic mass is 10.1. The highest BCUT2D eigenvalue weighted by Crippen LogP contribution is 2.17. The van der Waals surface area contributed by atoms with E-state index in [1.165, 1.54) is 0 Å². The van der Waals surface area contributed by atoms with Crippen molar-refractivity contribution in [1.82, 2.24) is 4.98 Å². The van der Waals surface area contributed by atoms with Gasteiger partial charge in [-0.25, -0.2) is 4.98 Å².